The summed E-state index contributed by atoms with van der Waals surface area (Å²) in [6.45, 7) is 2.04. The van der Waals surface area contributed by atoms with Crippen LogP contribution in [0.25, 0.3) is 0 Å². The van der Waals surface area contributed by atoms with Crippen molar-refractivity contribution in [1.82, 2.24) is 5.43 Å². The van der Waals surface area contributed by atoms with Crippen molar-refractivity contribution in [3.05, 3.63) is 65.0 Å². The summed E-state index contributed by atoms with van der Waals surface area (Å²) in [6.07, 6.45) is 0.663. The summed E-state index contributed by atoms with van der Waals surface area (Å²) < 4.78 is 18.7. The lowest BCUT2D eigenvalue weighted by Crippen LogP contribution is -2.30. The van der Waals surface area contributed by atoms with E-state index in [-0.39, 0.29) is 11.9 Å². The molecule has 2 rings (SSSR count). The highest BCUT2D eigenvalue weighted by atomic mass is 19.1. The number of hydrogen-bond acceptors (Lipinski definition) is 3. The van der Waals surface area contributed by atoms with Gasteiger partial charge in [-0.15, -0.1) is 0 Å². The molecule has 2 aromatic rings. The maximum atomic E-state index is 13.4. The molecule has 0 bridgehead atoms. The third kappa shape index (κ3) is 3.35. The summed E-state index contributed by atoms with van der Waals surface area (Å²) in [6, 6.07) is 12.4. The quantitative estimate of drug-likeness (QED) is 0.651. The minimum atomic E-state index is -0.301. The van der Waals surface area contributed by atoms with Gasteiger partial charge in [-0.2, -0.15) is 0 Å². The molecular weight excluding hydrogens is 255 g/mol. The zero-order chi connectivity index (χ0) is 14.5. The summed E-state index contributed by atoms with van der Waals surface area (Å²) in [5.41, 5.74) is 5.79. The van der Waals surface area contributed by atoms with Crippen LogP contribution in [-0.2, 0) is 6.42 Å². The molecule has 0 saturated heterocycles. The Labute approximate surface area is 118 Å². The average molecular weight is 274 g/mol. The monoisotopic (exact) mass is 274 g/mol. The molecule has 0 saturated carbocycles. The Morgan fingerprint density at radius 3 is 2.50 bits per heavy atom. The van der Waals surface area contributed by atoms with Gasteiger partial charge in [0, 0.05) is 5.56 Å². The Bertz CT molecular complexity index is 569. The van der Waals surface area contributed by atoms with Crippen molar-refractivity contribution < 1.29 is 9.13 Å². The van der Waals surface area contributed by atoms with E-state index in [0.29, 0.717) is 12.2 Å². The predicted molar refractivity (Wildman–Crippen MR) is 77.9 cm³/mol. The topological polar surface area (TPSA) is 47.3 Å². The highest BCUT2D eigenvalue weighted by Crippen LogP contribution is 2.28. The van der Waals surface area contributed by atoms with Crippen molar-refractivity contribution in [1.29, 1.82) is 0 Å². The molecule has 0 spiro atoms. The molecule has 0 radical (unpaired) electrons. The number of rotatable bonds is 5. The number of hydrazine groups is 1. The first-order valence-electron chi connectivity index (χ1n) is 6.49. The lowest BCUT2D eigenvalue weighted by atomic mass is 9.98. The second-order valence-electron chi connectivity index (χ2n) is 4.80. The Balaban J connectivity index is 2.28. The van der Waals surface area contributed by atoms with E-state index < -0.39 is 0 Å². The van der Waals surface area contributed by atoms with E-state index in [1.165, 1.54) is 17.7 Å². The van der Waals surface area contributed by atoms with E-state index in [0.717, 1.165) is 11.1 Å². The molecule has 0 heterocycles. The van der Waals surface area contributed by atoms with Crippen LogP contribution in [0.2, 0.25) is 0 Å². The Kier molecular flexibility index (Phi) is 4.71. The molecule has 0 aromatic heterocycles. The van der Waals surface area contributed by atoms with E-state index >= 15 is 0 Å². The fraction of sp³-hybridized carbons (Fsp3) is 0.250. The van der Waals surface area contributed by atoms with Crippen LogP contribution in [0.4, 0.5) is 4.39 Å². The SMILES string of the molecule is COc1ccc(F)cc1C(Cc1ccc(C)cc1)NN. The number of ether oxygens (including phenoxy) is 1. The van der Waals surface area contributed by atoms with Gasteiger partial charge in [0.15, 0.2) is 0 Å². The van der Waals surface area contributed by atoms with Gasteiger partial charge in [-0.1, -0.05) is 29.8 Å². The predicted octanol–water partition coefficient (Wildman–Crippen LogP) is 2.89. The highest BCUT2D eigenvalue weighted by Gasteiger charge is 2.16. The molecule has 1 unspecified atom stereocenters. The van der Waals surface area contributed by atoms with Crippen molar-refractivity contribution in [3.8, 4) is 5.75 Å². The van der Waals surface area contributed by atoms with Crippen molar-refractivity contribution in [2.45, 2.75) is 19.4 Å². The second kappa shape index (κ2) is 6.50. The normalized spacial score (nSPS) is 12.2. The van der Waals surface area contributed by atoms with Gasteiger partial charge in [-0.05, 0) is 37.1 Å². The van der Waals surface area contributed by atoms with Crippen LogP contribution in [0.1, 0.15) is 22.7 Å². The van der Waals surface area contributed by atoms with Crippen LogP contribution in [-0.4, -0.2) is 7.11 Å². The van der Waals surface area contributed by atoms with Gasteiger partial charge in [0.1, 0.15) is 11.6 Å². The molecule has 0 aliphatic rings. The smallest absolute Gasteiger partial charge is 0.123 e. The molecule has 0 amide bonds. The third-order valence-corrected chi connectivity index (χ3v) is 3.33. The van der Waals surface area contributed by atoms with Crippen LogP contribution in [0, 0.1) is 12.7 Å². The molecule has 1 atom stereocenters. The van der Waals surface area contributed by atoms with Gasteiger partial charge in [0.25, 0.3) is 0 Å². The first-order chi connectivity index (χ1) is 9.63. The zero-order valence-corrected chi connectivity index (χ0v) is 11.7. The van der Waals surface area contributed by atoms with Crippen LogP contribution in [0.3, 0.4) is 0 Å². The largest absolute Gasteiger partial charge is 0.496 e. The molecular formula is C16H19FN2O. The molecule has 0 aliphatic carbocycles. The standard InChI is InChI=1S/C16H19FN2O/c1-11-3-5-12(6-4-11)9-15(19-18)14-10-13(17)7-8-16(14)20-2/h3-8,10,15,19H,9,18H2,1-2H3. The molecule has 106 valence electrons. The number of halogens is 1. The maximum absolute atomic E-state index is 13.4. The van der Waals surface area contributed by atoms with Crippen LogP contribution in [0.5, 0.6) is 5.75 Å². The maximum Gasteiger partial charge on any atom is 0.123 e. The molecule has 3 nitrogen and oxygen atoms in total. The van der Waals surface area contributed by atoms with Gasteiger partial charge < -0.3 is 4.74 Å². The molecule has 0 fully saturated rings. The first kappa shape index (κ1) is 14.5. The first-order valence-corrected chi connectivity index (χ1v) is 6.49. The number of methoxy groups -OCH3 is 1. The molecule has 3 N–H and O–H groups in total. The van der Waals surface area contributed by atoms with E-state index in [2.05, 4.69) is 5.43 Å². The van der Waals surface area contributed by atoms with Crippen LogP contribution >= 0.6 is 0 Å². The molecule has 0 aliphatic heterocycles. The number of nitrogens with one attached hydrogen (secondary N) is 1. The van der Waals surface area contributed by atoms with Crippen molar-refractivity contribution in [2.75, 3.05) is 7.11 Å². The number of nitrogens with two attached hydrogens (primary N) is 1. The van der Waals surface area contributed by atoms with E-state index in [4.69, 9.17) is 10.6 Å². The van der Waals surface area contributed by atoms with Crippen LogP contribution in [0.15, 0.2) is 42.5 Å². The van der Waals surface area contributed by atoms with Gasteiger partial charge in [-0.25, -0.2) is 4.39 Å². The minimum Gasteiger partial charge on any atom is -0.496 e. The summed E-state index contributed by atoms with van der Waals surface area (Å²) in [7, 11) is 1.57. The molecule has 20 heavy (non-hydrogen) atoms. The lowest BCUT2D eigenvalue weighted by Gasteiger charge is -2.19. The van der Waals surface area contributed by atoms with Gasteiger partial charge in [0.2, 0.25) is 0 Å². The molecule has 4 heteroatoms. The Morgan fingerprint density at radius 2 is 1.90 bits per heavy atom. The molecule has 2 aromatic carbocycles. The summed E-state index contributed by atoms with van der Waals surface area (Å²) in [4.78, 5) is 0. The summed E-state index contributed by atoms with van der Waals surface area (Å²) >= 11 is 0. The van der Waals surface area contributed by atoms with E-state index in [1.807, 2.05) is 31.2 Å². The van der Waals surface area contributed by atoms with Crippen molar-refractivity contribution in [2.24, 2.45) is 5.84 Å². The fourth-order valence-electron chi connectivity index (χ4n) is 2.20. The van der Waals surface area contributed by atoms with Crippen LogP contribution < -0.4 is 16.0 Å². The van der Waals surface area contributed by atoms with Gasteiger partial charge >= 0.3 is 0 Å². The fourth-order valence-corrected chi connectivity index (χ4v) is 2.20. The number of hydrogen-bond donors (Lipinski definition) is 2. The zero-order valence-electron chi connectivity index (χ0n) is 11.7. The average Bonchev–Trinajstić information content (AvgIpc) is 2.46. The van der Waals surface area contributed by atoms with Crippen molar-refractivity contribution >= 4 is 0 Å². The summed E-state index contributed by atoms with van der Waals surface area (Å²) in [5.74, 6) is 5.95. The Morgan fingerprint density at radius 1 is 1.20 bits per heavy atom. The minimum absolute atomic E-state index is 0.205. The van der Waals surface area contributed by atoms with Gasteiger partial charge in [-0.3, -0.25) is 11.3 Å². The summed E-state index contributed by atoms with van der Waals surface area (Å²) in [5, 5.41) is 0. The number of benzene rings is 2. The third-order valence-electron chi connectivity index (χ3n) is 3.33. The van der Waals surface area contributed by atoms with Gasteiger partial charge in [0.05, 0.1) is 13.2 Å². The van der Waals surface area contributed by atoms with Crippen molar-refractivity contribution in [3.63, 3.8) is 0 Å². The van der Waals surface area contributed by atoms with E-state index in [1.54, 1.807) is 13.2 Å². The lowest BCUT2D eigenvalue weighted by molar-refractivity contribution is 0.397. The van der Waals surface area contributed by atoms with E-state index in [9.17, 15) is 4.39 Å². The Hall–Kier alpha value is -1.91. The highest BCUT2D eigenvalue weighted by molar-refractivity contribution is 5.37. The number of aryl methyl sites for hydroxylation is 1. The second-order valence-corrected chi connectivity index (χ2v) is 4.80.